The largest absolute Gasteiger partial charge is 0.468 e. The van der Waals surface area contributed by atoms with Crippen molar-refractivity contribution in [2.45, 2.75) is 16.5 Å². The molecule has 0 aliphatic heterocycles. The highest BCUT2D eigenvalue weighted by atomic mass is 35.5. The predicted octanol–water partition coefficient (Wildman–Crippen LogP) is 4.14. The van der Waals surface area contributed by atoms with Crippen molar-refractivity contribution in [3.63, 3.8) is 0 Å². The molecule has 7 nitrogen and oxygen atoms in total. The molecule has 0 saturated carbocycles. The van der Waals surface area contributed by atoms with E-state index in [1.165, 1.54) is 24.9 Å². The van der Waals surface area contributed by atoms with Gasteiger partial charge in [-0.3, -0.25) is 10.1 Å². The Labute approximate surface area is 156 Å². The minimum Gasteiger partial charge on any atom is -0.468 e. The number of hydrogen-bond acceptors (Lipinski definition) is 7. The lowest BCUT2D eigenvalue weighted by atomic mass is 10.3. The highest BCUT2D eigenvalue weighted by Crippen LogP contribution is 2.29. The van der Waals surface area contributed by atoms with Gasteiger partial charge >= 0.3 is 12.0 Å². The van der Waals surface area contributed by atoms with Gasteiger partial charge in [-0.1, -0.05) is 46.3 Å². The van der Waals surface area contributed by atoms with E-state index >= 15 is 0 Å². The fourth-order valence-electron chi connectivity index (χ4n) is 1.51. The fourth-order valence-corrected chi connectivity index (χ4v) is 3.72. The van der Waals surface area contributed by atoms with Crippen LogP contribution in [0.15, 0.2) is 22.5 Å². The normalized spacial score (nSPS) is 11.7. The number of ether oxygens (including phenoxy) is 1. The molecule has 0 aliphatic rings. The number of carbonyl (C=O) groups is 2. The SMILES string of the molecule is COC(=O)[C@@H](C)Sc1nnc(NC(=O)Nc2ccc(Cl)c(Cl)c2)s1. The Balaban J connectivity index is 1.92. The lowest BCUT2D eigenvalue weighted by Gasteiger charge is -2.06. The maximum Gasteiger partial charge on any atom is 0.325 e. The van der Waals surface area contributed by atoms with E-state index in [2.05, 4.69) is 25.6 Å². The average Bonchev–Trinajstić information content (AvgIpc) is 2.96. The van der Waals surface area contributed by atoms with Crippen LogP contribution in [0, 0.1) is 0 Å². The average molecular weight is 407 g/mol. The van der Waals surface area contributed by atoms with Crippen LogP contribution in [0.5, 0.6) is 0 Å². The third-order valence-electron chi connectivity index (χ3n) is 2.62. The number of aromatic nitrogens is 2. The Bertz CT molecular complexity index is 757. The molecule has 0 fully saturated rings. The molecule has 1 atom stereocenters. The Morgan fingerprint density at radius 1 is 1.25 bits per heavy atom. The van der Waals surface area contributed by atoms with E-state index in [0.717, 1.165) is 11.3 Å². The number of hydrogen-bond donors (Lipinski definition) is 2. The Hall–Kier alpha value is -1.55. The molecule has 0 unspecified atom stereocenters. The number of esters is 1. The van der Waals surface area contributed by atoms with Crippen molar-refractivity contribution in [1.82, 2.24) is 10.2 Å². The Kier molecular flexibility index (Phi) is 6.67. The zero-order valence-corrected chi connectivity index (χ0v) is 15.6. The number of anilines is 2. The van der Waals surface area contributed by atoms with Crippen molar-refractivity contribution in [3.8, 4) is 0 Å². The van der Waals surface area contributed by atoms with Gasteiger partial charge in [0, 0.05) is 5.69 Å². The maximum atomic E-state index is 11.9. The molecule has 1 heterocycles. The number of halogens is 2. The molecule has 0 bridgehead atoms. The number of methoxy groups -OCH3 is 1. The quantitative estimate of drug-likeness (QED) is 0.440. The van der Waals surface area contributed by atoms with Gasteiger partial charge in [-0.05, 0) is 25.1 Å². The van der Waals surface area contributed by atoms with Gasteiger partial charge in [0.05, 0.1) is 17.2 Å². The molecule has 1 aromatic carbocycles. The first-order valence-electron chi connectivity index (χ1n) is 6.50. The van der Waals surface area contributed by atoms with E-state index in [4.69, 9.17) is 23.2 Å². The third kappa shape index (κ3) is 5.23. The molecule has 2 N–H and O–H groups in total. The number of urea groups is 1. The molecule has 128 valence electrons. The molecule has 11 heteroatoms. The minimum atomic E-state index is -0.498. The van der Waals surface area contributed by atoms with E-state index in [1.807, 2.05) is 0 Å². The molecule has 0 radical (unpaired) electrons. The number of nitrogens with zero attached hydrogens (tertiary/aromatic N) is 2. The number of carbonyl (C=O) groups excluding carboxylic acids is 2. The summed E-state index contributed by atoms with van der Waals surface area (Å²) in [6.07, 6.45) is 0. The Morgan fingerprint density at radius 2 is 2.00 bits per heavy atom. The van der Waals surface area contributed by atoms with Gasteiger partial charge in [-0.25, -0.2) is 4.79 Å². The van der Waals surface area contributed by atoms with Crippen molar-refractivity contribution < 1.29 is 14.3 Å². The number of benzene rings is 1. The van der Waals surface area contributed by atoms with Gasteiger partial charge in [0.15, 0.2) is 4.34 Å². The van der Waals surface area contributed by atoms with E-state index in [0.29, 0.717) is 25.2 Å². The first-order chi connectivity index (χ1) is 11.4. The summed E-state index contributed by atoms with van der Waals surface area (Å²) in [6.45, 7) is 1.70. The smallest absolute Gasteiger partial charge is 0.325 e. The van der Waals surface area contributed by atoms with Gasteiger partial charge in [0.1, 0.15) is 5.25 Å². The number of amides is 2. The first-order valence-corrected chi connectivity index (χ1v) is 8.95. The number of rotatable bonds is 5. The molecule has 24 heavy (non-hydrogen) atoms. The van der Waals surface area contributed by atoms with Crippen LogP contribution in [0.3, 0.4) is 0 Å². The van der Waals surface area contributed by atoms with Crippen LogP contribution in [0.25, 0.3) is 0 Å². The van der Waals surface area contributed by atoms with E-state index in [-0.39, 0.29) is 5.97 Å². The molecule has 2 amide bonds. The van der Waals surface area contributed by atoms with Gasteiger partial charge in [-0.2, -0.15) is 0 Å². The minimum absolute atomic E-state index is 0.298. The van der Waals surface area contributed by atoms with Gasteiger partial charge in [0.2, 0.25) is 5.13 Å². The lowest BCUT2D eigenvalue weighted by Crippen LogP contribution is -2.19. The highest BCUT2D eigenvalue weighted by Gasteiger charge is 2.18. The van der Waals surface area contributed by atoms with Crippen LogP contribution in [-0.4, -0.2) is 34.6 Å². The number of nitrogens with one attached hydrogen (secondary N) is 2. The molecule has 0 aliphatic carbocycles. The third-order valence-corrected chi connectivity index (χ3v) is 5.36. The van der Waals surface area contributed by atoms with Gasteiger partial charge in [0.25, 0.3) is 0 Å². The van der Waals surface area contributed by atoms with Crippen LogP contribution in [-0.2, 0) is 9.53 Å². The molecular weight excluding hydrogens is 395 g/mol. The standard InChI is InChI=1S/C13H12Cl2N4O3S2/c1-6(10(20)22-2)23-13-19-18-12(24-13)17-11(21)16-7-3-4-8(14)9(15)5-7/h3-6H,1-2H3,(H2,16,17,18,21)/t6-/m1/s1. The lowest BCUT2D eigenvalue weighted by molar-refractivity contribution is -0.139. The van der Waals surface area contributed by atoms with Crippen LogP contribution in [0.4, 0.5) is 15.6 Å². The zero-order chi connectivity index (χ0) is 17.7. The summed E-state index contributed by atoms with van der Waals surface area (Å²) in [4.78, 5) is 23.3. The molecule has 0 saturated heterocycles. The van der Waals surface area contributed by atoms with Crippen molar-refractivity contribution >= 4 is 69.1 Å². The van der Waals surface area contributed by atoms with Crippen molar-refractivity contribution in [2.75, 3.05) is 17.7 Å². The summed E-state index contributed by atoms with van der Waals surface area (Å²) in [5.41, 5.74) is 0.486. The topological polar surface area (TPSA) is 93.2 Å². The van der Waals surface area contributed by atoms with Crippen LogP contribution in [0.2, 0.25) is 10.0 Å². The highest BCUT2D eigenvalue weighted by molar-refractivity contribution is 8.02. The molecule has 2 aromatic rings. The molecular formula is C13H12Cl2N4O3S2. The van der Waals surface area contributed by atoms with E-state index in [9.17, 15) is 9.59 Å². The Morgan fingerprint density at radius 3 is 2.67 bits per heavy atom. The van der Waals surface area contributed by atoms with E-state index < -0.39 is 11.3 Å². The second kappa shape index (κ2) is 8.52. The summed E-state index contributed by atoms with van der Waals surface area (Å²) in [5.74, 6) is -0.359. The molecule has 1 aromatic heterocycles. The number of thioether (sulfide) groups is 1. The fraction of sp³-hybridized carbons (Fsp3) is 0.231. The summed E-state index contributed by atoms with van der Waals surface area (Å²) >= 11 is 14.0. The summed E-state index contributed by atoms with van der Waals surface area (Å²) in [7, 11) is 1.32. The summed E-state index contributed by atoms with van der Waals surface area (Å²) < 4.78 is 5.18. The van der Waals surface area contributed by atoms with Crippen LogP contribution < -0.4 is 10.6 Å². The van der Waals surface area contributed by atoms with Crippen LogP contribution in [0.1, 0.15) is 6.92 Å². The second-order valence-corrected chi connectivity index (χ2v) is 7.74. The molecule has 0 spiro atoms. The van der Waals surface area contributed by atoms with Crippen molar-refractivity contribution in [3.05, 3.63) is 28.2 Å². The maximum absolute atomic E-state index is 11.9. The summed E-state index contributed by atoms with van der Waals surface area (Å²) in [5, 5.41) is 13.5. The van der Waals surface area contributed by atoms with Crippen molar-refractivity contribution in [1.29, 1.82) is 0 Å². The van der Waals surface area contributed by atoms with E-state index in [1.54, 1.807) is 19.1 Å². The van der Waals surface area contributed by atoms with Gasteiger partial charge < -0.3 is 10.1 Å². The van der Waals surface area contributed by atoms with Gasteiger partial charge in [-0.15, -0.1) is 10.2 Å². The van der Waals surface area contributed by atoms with Crippen molar-refractivity contribution in [2.24, 2.45) is 0 Å². The van der Waals surface area contributed by atoms with Crippen LogP contribution >= 0.6 is 46.3 Å². The summed E-state index contributed by atoms with van der Waals surface area (Å²) in [6, 6.07) is 4.23. The first kappa shape index (κ1) is 18.8. The molecule has 2 rings (SSSR count). The monoisotopic (exact) mass is 406 g/mol. The zero-order valence-electron chi connectivity index (χ0n) is 12.5. The predicted molar refractivity (Wildman–Crippen MR) is 96.3 cm³/mol. The second-order valence-electron chi connectivity index (χ2n) is 4.36.